The van der Waals surface area contributed by atoms with Crippen molar-refractivity contribution in [3.05, 3.63) is 163 Å². The van der Waals surface area contributed by atoms with E-state index in [2.05, 4.69) is 170 Å². The highest BCUT2D eigenvalue weighted by atomic mass is 15.0. The van der Waals surface area contributed by atoms with Gasteiger partial charge in [-0.2, -0.15) is 0 Å². The van der Waals surface area contributed by atoms with Crippen molar-refractivity contribution >= 4 is 32.6 Å². The van der Waals surface area contributed by atoms with E-state index in [1.807, 2.05) is 0 Å². The predicted molar refractivity (Wildman–Crippen MR) is 187 cm³/mol. The summed E-state index contributed by atoms with van der Waals surface area (Å²) in [6.45, 7) is 4.72. The number of benzene rings is 7. The standard InChI is InChI=1S/C43H31N/c1-43(2)39-20-12-11-19-35(39)37-26-38-36-22-21-29(25-41(36)44(42(38)27-40(37)43)30-15-7-4-8-16-30)32-24-23-31(28-13-5-3-6-14-28)33-17-9-10-18-34(32)33/h3-27H,1-2H3. The first-order valence-corrected chi connectivity index (χ1v) is 15.5. The van der Waals surface area contributed by atoms with Crippen LogP contribution in [0.4, 0.5) is 0 Å². The van der Waals surface area contributed by atoms with E-state index in [0.29, 0.717) is 0 Å². The Morgan fingerprint density at radius 3 is 1.75 bits per heavy atom. The molecule has 1 nitrogen and oxygen atoms in total. The van der Waals surface area contributed by atoms with Gasteiger partial charge in [0.05, 0.1) is 11.0 Å². The number of hydrogen-bond acceptors (Lipinski definition) is 0. The Labute approximate surface area is 257 Å². The van der Waals surface area contributed by atoms with E-state index in [1.54, 1.807) is 0 Å². The van der Waals surface area contributed by atoms with Crippen LogP contribution in [0.15, 0.2) is 152 Å². The average molecular weight is 562 g/mol. The van der Waals surface area contributed by atoms with Crippen molar-refractivity contribution in [2.45, 2.75) is 19.3 Å². The van der Waals surface area contributed by atoms with Crippen LogP contribution in [-0.2, 0) is 5.41 Å². The van der Waals surface area contributed by atoms with E-state index in [9.17, 15) is 0 Å². The third-order valence-electron chi connectivity index (χ3n) is 9.80. The molecule has 44 heavy (non-hydrogen) atoms. The summed E-state index contributed by atoms with van der Waals surface area (Å²) < 4.78 is 2.47. The molecule has 7 aromatic carbocycles. The van der Waals surface area contributed by atoms with Gasteiger partial charge < -0.3 is 4.57 Å². The van der Waals surface area contributed by atoms with Gasteiger partial charge in [0.1, 0.15) is 0 Å². The first kappa shape index (κ1) is 25.1. The lowest BCUT2D eigenvalue weighted by atomic mass is 9.82. The topological polar surface area (TPSA) is 4.93 Å². The maximum Gasteiger partial charge on any atom is 0.0547 e. The number of nitrogens with zero attached hydrogens (tertiary/aromatic N) is 1. The van der Waals surface area contributed by atoms with Crippen LogP contribution in [-0.4, -0.2) is 4.57 Å². The van der Waals surface area contributed by atoms with Crippen LogP contribution < -0.4 is 0 Å². The van der Waals surface area contributed by atoms with Gasteiger partial charge in [-0.3, -0.25) is 0 Å². The predicted octanol–water partition coefficient (Wildman–Crippen LogP) is 11.6. The van der Waals surface area contributed by atoms with E-state index in [0.717, 1.165) is 0 Å². The number of rotatable bonds is 3. The summed E-state index contributed by atoms with van der Waals surface area (Å²) in [6.07, 6.45) is 0. The molecular weight excluding hydrogens is 530 g/mol. The summed E-state index contributed by atoms with van der Waals surface area (Å²) in [5.74, 6) is 0. The molecule has 0 N–H and O–H groups in total. The molecule has 8 aromatic rings. The minimum absolute atomic E-state index is 0.0529. The van der Waals surface area contributed by atoms with Crippen molar-refractivity contribution in [2.75, 3.05) is 0 Å². The number of fused-ring (bicyclic) bond motifs is 7. The van der Waals surface area contributed by atoms with E-state index in [4.69, 9.17) is 0 Å². The Bertz CT molecular complexity index is 2390. The van der Waals surface area contributed by atoms with Gasteiger partial charge in [-0.15, -0.1) is 0 Å². The fraction of sp³-hybridized carbons (Fsp3) is 0.0698. The number of para-hydroxylation sites is 1. The molecule has 0 fully saturated rings. The minimum Gasteiger partial charge on any atom is -0.309 e. The van der Waals surface area contributed by atoms with Crippen LogP contribution in [0, 0.1) is 0 Å². The van der Waals surface area contributed by atoms with Crippen LogP contribution in [0.25, 0.3) is 71.6 Å². The Kier molecular flexibility index (Phi) is 5.31. The lowest BCUT2D eigenvalue weighted by Crippen LogP contribution is -2.14. The van der Waals surface area contributed by atoms with Gasteiger partial charge in [-0.05, 0) is 85.6 Å². The van der Waals surface area contributed by atoms with Crippen LogP contribution in [0.1, 0.15) is 25.0 Å². The highest BCUT2D eigenvalue weighted by Gasteiger charge is 2.36. The zero-order valence-electron chi connectivity index (χ0n) is 24.9. The van der Waals surface area contributed by atoms with Crippen LogP contribution in [0.3, 0.4) is 0 Å². The maximum atomic E-state index is 2.47. The summed E-state index contributed by atoms with van der Waals surface area (Å²) >= 11 is 0. The molecule has 0 atom stereocenters. The second kappa shape index (κ2) is 9.30. The highest BCUT2D eigenvalue weighted by Crippen LogP contribution is 2.51. The van der Waals surface area contributed by atoms with E-state index in [-0.39, 0.29) is 5.41 Å². The van der Waals surface area contributed by atoms with Crippen molar-refractivity contribution in [2.24, 2.45) is 0 Å². The summed E-state index contributed by atoms with van der Waals surface area (Å²) in [6, 6.07) is 55.8. The normalized spacial score (nSPS) is 13.4. The Balaban J connectivity index is 1.33. The van der Waals surface area contributed by atoms with Crippen LogP contribution >= 0.6 is 0 Å². The number of aromatic nitrogens is 1. The molecule has 1 heteroatoms. The molecule has 1 aromatic heterocycles. The van der Waals surface area contributed by atoms with Gasteiger partial charge in [-0.1, -0.05) is 135 Å². The molecule has 0 radical (unpaired) electrons. The molecule has 9 rings (SSSR count). The summed E-state index contributed by atoms with van der Waals surface area (Å²) in [7, 11) is 0. The Morgan fingerprint density at radius 2 is 1.00 bits per heavy atom. The van der Waals surface area contributed by atoms with Gasteiger partial charge in [-0.25, -0.2) is 0 Å². The van der Waals surface area contributed by atoms with E-state index >= 15 is 0 Å². The summed E-state index contributed by atoms with van der Waals surface area (Å²) in [5, 5.41) is 5.12. The van der Waals surface area contributed by atoms with Gasteiger partial charge in [0.15, 0.2) is 0 Å². The quantitative estimate of drug-likeness (QED) is 0.202. The molecule has 1 heterocycles. The van der Waals surface area contributed by atoms with Crippen molar-refractivity contribution in [1.82, 2.24) is 4.57 Å². The third kappa shape index (κ3) is 3.53. The SMILES string of the molecule is CC1(C)c2ccccc2-c2cc3c4ccc(-c5ccc(-c6ccccc6)c6ccccc56)cc4n(-c4ccccc4)c3cc21. The van der Waals surface area contributed by atoms with Gasteiger partial charge in [0, 0.05) is 21.9 Å². The molecule has 0 saturated carbocycles. The largest absolute Gasteiger partial charge is 0.309 e. The first-order valence-electron chi connectivity index (χ1n) is 15.5. The summed E-state index contributed by atoms with van der Waals surface area (Å²) in [4.78, 5) is 0. The van der Waals surface area contributed by atoms with Crippen molar-refractivity contribution in [3.63, 3.8) is 0 Å². The van der Waals surface area contributed by atoms with Gasteiger partial charge in [0.25, 0.3) is 0 Å². The highest BCUT2D eigenvalue weighted by molar-refractivity contribution is 6.13. The Hall–Kier alpha value is -5.40. The maximum absolute atomic E-state index is 2.47. The minimum atomic E-state index is -0.0529. The van der Waals surface area contributed by atoms with E-state index in [1.165, 1.54) is 82.8 Å². The molecule has 0 saturated heterocycles. The lowest BCUT2D eigenvalue weighted by Gasteiger charge is -2.21. The van der Waals surface area contributed by atoms with E-state index < -0.39 is 0 Å². The zero-order valence-corrected chi connectivity index (χ0v) is 24.9. The van der Waals surface area contributed by atoms with Gasteiger partial charge >= 0.3 is 0 Å². The molecule has 0 amide bonds. The first-order chi connectivity index (χ1) is 21.6. The van der Waals surface area contributed by atoms with Crippen molar-refractivity contribution in [1.29, 1.82) is 0 Å². The van der Waals surface area contributed by atoms with Gasteiger partial charge in [0.2, 0.25) is 0 Å². The van der Waals surface area contributed by atoms with Crippen molar-refractivity contribution in [3.8, 4) is 39.1 Å². The number of hydrogen-bond donors (Lipinski definition) is 0. The lowest BCUT2D eigenvalue weighted by molar-refractivity contribution is 0.661. The fourth-order valence-electron chi connectivity index (χ4n) is 7.65. The van der Waals surface area contributed by atoms with Crippen LogP contribution in [0.2, 0.25) is 0 Å². The zero-order chi connectivity index (χ0) is 29.4. The molecule has 0 spiro atoms. The Morgan fingerprint density at radius 1 is 0.386 bits per heavy atom. The average Bonchev–Trinajstić information content (AvgIpc) is 3.51. The smallest absolute Gasteiger partial charge is 0.0547 e. The van der Waals surface area contributed by atoms with Crippen molar-refractivity contribution < 1.29 is 0 Å². The monoisotopic (exact) mass is 561 g/mol. The molecule has 1 aliphatic rings. The second-order valence-corrected chi connectivity index (χ2v) is 12.6. The fourth-order valence-corrected chi connectivity index (χ4v) is 7.65. The molecular formula is C43H31N. The molecule has 0 bridgehead atoms. The molecule has 208 valence electrons. The van der Waals surface area contributed by atoms with Crippen LogP contribution in [0.5, 0.6) is 0 Å². The molecule has 0 aliphatic heterocycles. The molecule has 1 aliphatic carbocycles. The molecule has 0 unspecified atom stereocenters. The second-order valence-electron chi connectivity index (χ2n) is 12.6. The third-order valence-corrected chi connectivity index (χ3v) is 9.80. The summed E-state index contributed by atoms with van der Waals surface area (Å²) in [5.41, 5.74) is 14.1.